The number of hydrogen-bond acceptors (Lipinski definition) is 7. The zero-order chi connectivity index (χ0) is 18.1. The molecule has 0 bridgehead atoms. The van der Waals surface area contributed by atoms with Crippen LogP contribution >= 0.6 is 11.3 Å². The first-order chi connectivity index (χ1) is 12.1. The molecule has 3 amide bonds. The molecular formula is C16H18N4O4S. The molecule has 0 atom stereocenters. The first-order valence-electron chi connectivity index (χ1n) is 7.56. The number of ether oxygens (including phenoxy) is 1. The van der Waals surface area contributed by atoms with Crippen molar-refractivity contribution < 1.29 is 19.1 Å². The number of imide groups is 1. The van der Waals surface area contributed by atoms with Crippen LogP contribution in [0.25, 0.3) is 0 Å². The molecule has 132 valence electrons. The van der Waals surface area contributed by atoms with Gasteiger partial charge in [-0.25, -0.2) is 14.6 Å². The topological polar surface area (TPSA) is 109 Å². The number of carbonyl (C=O) groups excluding carboxylic acids is 3. The minimum Gasteiger partial charge on any atom is -0.451 e. The average molecular weight is 362 g/mol. The molecule has 0 radical (unpaired) electrons. The summed E-state index contributed by atoms with van der Waals surface area (Å²) in [7, 11) is 0. The van der Waals surface area contributed by atoms with E-state index >= 15 is 0 Å². The maximum atomic E-state index is 11.9. The Balaban J connectivity index is 1.78. The van der Waals surface area contributed by atoms with Crippen LogP contribution in [0.5, 0.6) is 0 Å². The molecule has 0 saturated carbocycles. The number of anilines is 1. The third kappa shape index (κ3) is 6.22. The Kier molecular flexibility index (Phi) is 6.90. The van der Waals surface area contributed by atoms with Crippen molar-refractivity contribution >= 4 is 34.4 Å². The molecule has 1 aromatic carbocycles. The van der Waals surface area contributed by atoms with Gasteiger partial charge in [0.15, 0.2) is 17.4 Å². The molecule has 0 saturated heterocycles. The van der Waals surface area contributed by atoms with Gasteiger partial charge in [-0.05, 0) is 12.5 Å². The van der Waals surface area contributed by atoms with E-state index in [1.54, 1.807) is 6.92 Å². The summed E-state index contributed by atoms with van der Waals surface area (Å²) in [5.74, 6) is -1.44. The first-order valence-corrected chi connectivity index (χ1v) is 8.44. The van der Waals surface area contributed by atoms with Crippen LogP contribution < -0.4 is 16.0 Å². The molecule has 25 heavy (non-hydrogen) atoms. The fourth-order valence-corrected chi connectivity index (χ4v) is 2.47. The number of carbonyl (C=O) groups is 3. The van der Waals surface area contributed by atoms with E-state index in [9.17, 15) is 14.4 Å². The van der Waals surface area contributed by atoms with Crippen molar-refractivity contribution in [3.05, 3.63) is 47.0 Å². The third-order valence-corrected chi connectivity index (χ3v) is 3.72. The number of urea groups is 1. The number of rotatable bonds is 7. The molecule has 0 fully saturated rings. The van der Waals surface area contributed by atoms with Gasteiger partial charge in [-0.1, -0.05) is 30.3 Å². The van der Waals surface area contributed by atoms with E-state index in [0.717, 1.165) is 5.56 Å². The summed E-state index contributed by atoms with van der Waals surface area (Å²) < 4.78 is 4.83. The SMILES string of the molecule is CCNC(=O)NC(=O)COC(=O)c1csc(NCc2ccccc2)n1. The van der Waals surface area contributed by atoms with Gasteiger partial charge in [-0.3, -0.25) is 10.1 Å². The van der Waals surface area contributed by atoms with Crippen LogP contribution in [0.2, 0.25) is 0 Å². The van der Waals surface area contributed by atoms with Gasteiger partial charge in [0.1, 0.15) is 0 Å². The molecule has 0 aliphatic carbocycles. The van der Waals surface area contributed by atoms with Gasteiger partial charge < -0.3 is 15.4 Å². The number of aromatic nitrogens is 1. The Labute approximate surface area is 148 Å². The van der Waals surface area contributed by atoms with Crippen molar-refractivity contribution in [3.63, 3.8) is 0 Å². The second-order valence-electron chi connectivity index (χ2n) is 4.86. The molecule has 8 nitrogen and oxygen atoms in total. The molecule has 0 aliphatic heterocycles. The molecule has 0 spiro atoms. The lowest BCUT2D eigenvalue weighted by atomic mass is 10.2. The van der Waals surface area contributed by atoms with E-state index in [4.69, 9.17) is 4.74 Å². The smallest absolute Gasteiger partial charge is 0.358 e. The van der Waals surface area contributed by atoms with Crippen molar-refractivity contribution in [3.8, 4) is 0 Å². The van der Waals surface area contributed by atoms with Gasteiger partial charge >= 0.3 is 12.0 Å². The number of nitrogens with zero attached hydrogens (tertiary/aromatic N) is 1. The third-order valence-electron chi connectivity index (χ3n) is 2.92. The number of nitrogens with one attached hydrogen (secondary N) is 3. The molecule has 2 aromatic rings. The quantitative estimate of drug-likeness (QED) is 0.648. The zero-order valence-corrected chi connectivity index (χ0v) is 14.4. The summed E-state index contributed by atoms with van der Waals surface area (Å²) >= 11 is 1.26. The number of esters is 1. The monoisotopic (exact) mass is 362 g/mol. The Bertz CT molecular complexity index is 733. The highest BCUT2D eigenvalue weighted by molar-refractivity contribution is 7.13. The molecule has 0 aliphatic rings. The summed E-state index contributed by atoms with van der Waals surface area (Å²) in [6.07, 6.45) is 0. The van der Waals surface area contributed by atoms with Crippen molar-refractivity contribution in [1.29, 1.82) is 0 Å². The molecule has 0 unspecified atom stereocenters. The largest absolute Gasteiger partial charge is 0.451 e. The highest BCUT2D eigenvalue weighted by atomic mass is 32.1. The van der Waals surface area contributed by atoms with Gasteiger partial charge in [0.25, 0.3) is 5.91 Å². The zero-order valence-electron chi connectivity index (χ0n) is 13.6. The molecule has 1 aromatic heterocycles. The lowest BCUT2D eigenvalue weighted by Crippen LogP contribution is -2.41. The Morgan fingerprint density at radius 2 is 1.96 bits per heavy atom. The number of benzene rings is 1. The summed E-state index contributed by atoms with van der Waals surface area (Å²) in [4.78, 5) is 38.6. The van der Waals surface area contributed by atoms with Crippen LogP contribution in [0.4, 0.5) is 9.93 Å². The fourth-order valence-electron chi connectivity index (χ4n) is 1.79. The molecule has 9 heteroatoms. The minimum absolute atomic E-state index is 0.103. The Morgan fingerprint density at radius 1 is 1.20 bits per heavy atom. The standard InChI is InChI=1S/C16H18N4O4S/c1-2-17-15(23)20-13(21)9-24-14(22)12-10-25-16(19-12)18-8-11-6-4-3-5-7-11/h3-7,10H,2,8-9H2,1H3,(H,18,19)(H2,17,20,21,23). The van der Waals surface area contributed by atoms with E-state index in [1.807, 2.05) is 35.6 Å². The van der Waals surface area contributed by atoms with Gasteiger partial charge in [-0.2, -0.15) is 0 Å². The first kappa shape index (κ1) is 18.4. The van der Waals surface area contributed by atoms with Crippen molar-refractivity contribution in [1.82, 2.24) is 15.6 Å². The van der Waals surface area contributed by atoms with Gasteiger partial charge in [0.05, 0.1) is 0 Å². The minimum atomic E-state index is -0.727. The highest BCUT2D eigenvalue weighted by Gasteiger charge is 2.15. The normalized spacial score (nSPS) is 9.96. The van der Waals surface area contributed by atoms with Gasteiger partial charge in [-0.15, -0.1) is 11.3 Å². The maximum Gasteiger partial charge on any atom is 0.358 e. The summed E-state index contributed by atoms with van der Waals surface area (Å²) in [5, 5.41) is 9.65. The van der Waals surface area contributed by atoms with Gasteiger partial charge in [0.2, 0.25) is 0 Å². The van der Waals surface area contributed by atoms with Crippen LogP contribution in [-0.4, -0.2) is 36.0 Å². The van der Waals surface area contributed by atoms with Crippen molar-refractivity contribution in [2.45, 2.75) is 13.5 Å². The van der Waals surface area contributed by atoms with E-state index in [1.165, 1.54) is 16.7 Å². The lowest BCUT2D eigenvalue weighted by Gasteiger charge is -2.05. The molecule has 2 rings (SSSR count). The maximum absolute atomic E-state index is 11.9. The van der Waals surface area contributed by atoms with E-state index in [0.29, 0.717) is 18.2 Å². The van der Waals surface area contributed by atoms with Gasteiger partial charge in [0, 0.05) is 18.5 Å². The number of amides is 3. The number of thiazole rings is 1. The second-order valence-corrected chi connectivity index (χ2v) is 5.72. The lowest BCUT2D eigenvalue weighted by molar-refractivity contribution is -0.123. The molecule has 1 heterocycles. The van der Waals surface area contributed by atoms with Crippen LogP contribution in [0.3, 0.4) is 0 Å². The van der Waals surface area contributed by atoms with E-state index in [2.05, 4.69) is 15.6 Å². The molecule has 3 N–H and O–H groups in total. The van der Waals surface area contributed by atoms with Crippen molar-refractivity contribution in [2.24, 2.45) is 0 Å². The highest BCUT2D eigenvalue weighted by Crippen LogP contribution is 2.17. The number of hydrogen-bond donors (Lipinski definition) is 3. The Morgan fingerprint density at radius 3 is 2.68 bits per heavy atom. The van der Waals surface area contributed by atoms with Crippen LogP contribution in [0.15, 0.2) is 35.7 Å². The average Bonchev–Trinajstić information content (AvgIpc) is 3.08. The van der Waals surface area contributed by atoms with Crippen molar-refractivity contribution in [2.75, 3.05) is 18.5 Å². The Hall–Kier alpha value is -2.94. The fraction of sp³-hybridized carbons (Fsp3) is 0.250. The summed E-state index contributed by atoms with van der Waals surface area (Å²) in [6, 6.07) is 9.13. The van der Waals surface area contributed by atoms with Crippen LogP contribution in [0.1, 0.15) is 23.0 Å². The van der Waals surface area contributed by atoms with E-state index in [-0.39, 0.29) is 5.69 Å². The van der Waals surface area contributed by atoms with Crippen LogP contribution in [0, 0.1) is 0 Å². The molecular weight excluding hydrogens is 344 g/mol. The van der Waals surface area contributed by atoms with E-state index < -0.39 is 24.5 Å². The predicted octanol–water partition coefficient (Wildman–Crippen LogP) is 1.76. The van der Waals surface area contributed by atoms with Crippen LogP contribution in [-0.2, 0) is 16.1 Å². The predicted molar refractivity (Wildman–Crippen MR) is 93.4 cm³/mol. The summed E-state index contributed by atoms with van der Waals surface area (Å²) in [5.41, 5.74) is 1.19. The summed E-state index contributed by atoms with van der Waals surface area (Å²) in [6.45, 7) is 2.13. The second kappa shape index (κ2) is 9.38.